The van der Waals surface area contributed by atoms with Crippen LogP contribution in [0.4, 0.5) is 13.2 Å². The first-order valence-electron chi connectivity index (χ1n) is 4.10. The average molecular weight is 205 g/mol. The highest BCUT2D eigenvalue weighted by molar-refractivity contribution is 5.10. The molecule has 1 atom stereocenters. The van der Waals surface area contributed by atoms with E-state index in [1.54, 1.807) is 0 Å². The standard InChI is InChI=1S/C8H10F3N3/c1-2-6(12)7-13-3-5(4-14-7)8(9,10)11/h3-4,6H,2,12H2,1H3. The molecule has 2 N–H and O–H groups in total. The summed E-state index contributed by atoms with van der Waals surface area (Å²) in [5.41, 5.74) is 4.69. The number of nitrogens with two attached hydrogens (primary N) is 1. The van der Waals surface area contributed by atoms with Gasteiger partial charge >= 0.3 is 6.18 Å². The summed E-state index contributed by atoms with van der Waals surface area (Å²) in [5, 5.41) is 0. The van der Waals surface area contributed by atoms with Crippen molar-refractivity contribution in [1.29, 1.82) is 0 Å². The van der Waals surface area contributed by atoms with Crippen molar-refractivity contribution < 1.29 is 13.2 Å². The monoisotopic (exact) mass is 205 g/mol. The summed E-state index contributed by atoms with van der Waals surface area (Å²) in [6, 6.07) is -0.405. The third-order valence-corrected chi connectivity index (χ3v) is 1.77. The van der Waals surface area contributed by atoms with E-state index in [2.05, 4.69) is 9.97 Å². The third-order valence-electron chi connectivity index (χ3n) is 1.77. The molecule has 0 bridgehead atoms. The van der Waals surface area contributed by atoms with Crippen LogP contribution in [0.1, 0.15) is 30.8 Å². The Morgan fingerprint density at radius 3 is 2.21 bits per heavy atom. The second-order valence-corrected chi connectivity index (χ2v) is 2.84. The number of rotatable bonds is 2. The predicted octanol–water partition coefficient (Wildman–Crippen LogP) is 1.91. The molecule has 0 radical (unpaired) electrons. The zero-order valence-electron chi connectivity index (χ0n) is 7.54. The number of hydrogen-bond donors (Lipinski definition) is 1. The second kappa shape index (κ2) is 3.91. The van der Waals surface area contributed by atoms with Gasteiger partial charge in [-0.15, -0.1) is 0 Å². The minimum absolute atomic E-state index is 0.237. The summed E-state index contributed by atoms with van der Waals surface area (Å²) in [6.45, 7) is 1.81. The molecule has 0 aliphatic carbocycles. The summed E-state index contributed by atoms with van der Waals surface area (Å²) in [5.74, 6) is 0.237. The number of alkyl halides is 3. The van der Waals surface area contributed by atoms with Crippen LogP contribution in [0.25, 0.3) is 0 Å². The maximum atomic E-state index is 12.1. The van der Waals surface area contributed by atoms with Crippen molar-refractivity contribution in [2.45, 2.75) is 25.6 Å². The highest BCUT2D eigenvalue weighted by atomic mass is 19.4. The molecule has 1 rings (SSSR count). The lowest BCUT2D eigenvalue weighted by Gasteiger charge is -2.09. The number of aromatic nitrogens is 2. The van der Waals surface area contributed by atoms with Crippen LogP contribution in [-0.4, -0.2) is 9.97 Å². The Balaban J connectivity index is 2.89. The normalized spacial score (nSPS) is 14.1. The summed E-state index contributed by atoms with van der Waals surface area (Å²) >= 11 is 0. The fourth-order valence-corrected chi connectivity index (χ4v) is 0.858. The van der Waals surface area contributed by atoms with E-state index in [1.165, 1.54) is 0 Å². The first-order valence-corrected chi connectivity index (χ1v) is 4.10. The molecule has 0 spiro atoms. The SMILES string of the molecule is CCC(N)c1ncc(C(F)(F)F)cn1. The Hall–Kier alpha value is -1.17. The van der Waals surface area contributed by atoms with E-state index in [4.69, 9.17) is 5.73 Å². The van der Waals surface area contributed by atoms with Crippen molar-refractivity contribution >= 4 is 0 Å². The summed E-state index contributed by atoms with van der Waals surface area (Å²) in [7, 11) is 0. The molecule has 0 amide bonds. The Morgan fingerprint density at radius 2 is 1.86 bits per heavy atom. The summed E-state index contributed by atoms with van der Waals surface area (Å²) in [4.78, 5) is 7.12. The minimum atomic E-state index is -4.39. The van der Waals surface area contributed by atoms with Crippen molar-refractivity contribution in [3.8, 4) is 0 Å². The van der Waals surface area contributed by atoms with Crippen molar-refractivity contribution in [2.75, 3.05) is 0 Å². The molecule has 1 unspecified atom stereocenters. The number of nitrogens with zero attached hydrogens (tertiary/aromatic N) is 2. The van der Waals surface area contributed by atoms with Crippen molar-refractivity contribution in [3.63, 3.8) is 0 Å². The van der Waals surface area contributed by atoms with Gasteiger partial charge in [0.15, 0.2) is 0 Å². The lowest BCUT2D eigenvalue weighted by molar-refractivity contribution is -0.138. The molecule has 6 heteroatoms. The van der Waals surface area contributed by atoms with Gasteiger partial charge in [-0.1, -0.05) is 6.92 Å². The van der Waals surface area contributed by atoms with E-state index in [1.807, 2.05) is 6.92 Å². The van der Waals surface area contributed by atoms with Gasteiger partial charge in [0.1, 0.15) is 5.82 Å². The maximum Gasteiger partial charge on any atom is 0.419 e. The minimum Gasteiger partial charge on any atom is -0.321 e. The van der Waals surface area contributed by atoms with E-state index >= 15 is 0 Å². The molecule has 78 valence electrons. The molecular weight excluding hydrogens is 195 g/mol. The van der Waals surface area contributed by atoms with Crippen LogP contribution in [0, 0.1) is 0 Å². The van der Waals surface area contributed by atoms with Crippen LogP contribution in [0.5, 0.6) is 0 Å². The summed E-state index contributed by atoms with van der Waals surface area (Å²) in [6.07, 6.45) is -2.31. The zero-order chi connectivity index (χ0) is 10.8. The van der Waals surface area contributed by atoms with E-state index in [9.17, 15) is 13.2 Å². The Bertz CT molecular complexity index is 294. The third kappa shape index (κ3) is 2.41. The number of hydrogen-bond acceptors (Lipinski definition) is 3. The Morgan fingerprint density at radius 1 is 1.36 bits per heavy atom. The van der Waals surface area contributed by atoms with Gasteiger partial charge in [0.2, 0.25) is 0 Å². The molecule has 0 saturated carbocycles. The van der Waals surface area contributed by atoms with Gasteiger partial charge in [-0.25, -0.2) is 9.97 Å². The topological polar surface area (TPSA) is 51.8 Å². The van der Waals surface area contributed by atoms with E-state index in [0.717, 1.165) is 12.4 Å². The van der Waals surface area contributed by atoms with Crippen molar-refractivity contribution in [3.05, 3.63) is 23.8 Å². The Labute approximate surface area is 79.2 Å². The van der Waals surface area contributed by atoms with E-state index < -0.39 is 17.8 Å². The maximum absolute atomic E-state index is 12.1. The molecule has 1 aromatic rings. The number of halogens is 3. The largest absolute Gasteiger partial charge is 0.419 e. The molecule has 0 fully saturated rings. The van der Waals surface area contributed by atoms with Crippen LogP contribution in [0.15, 0.2) is 12.4 Å². The highest BCUT2D eigenvalue weighted by Crippen LogP contribution is 2.28. The molecule has 1 aromatic heterocycles. The quantitative estimate of drug-likeness (QED) is 0.802. The molecular formula is C8H10F3N3. The first-order chi connectivity index (χ1) is 6.45. The lowest BCUT2D eigenvalue weighted by Crippen LogP contribution is -2.14. The fraction of sp³-hybridized carbons (Fsp3) is 0.500. The van der Waals surface area contributed by atoms with Gasteiger partial charge in [-0.3, -0.25) is 0 Å². The van der Waals surface area contributed by atoms with Crippen LogP contribution >= 0.6 is 0 Å². The van der Waals surface area contributed by atoms with Crippen molar-refractivity contribution in [1.82, 2.24) is 9.97 Å². The average Bonchev–Trinajstić information content (AvgIpc) is 2.15. The van der Waals surface area contributed by atoms with Gasteiger partial charge in [0.05, 0.1) is 11.6 Å². The molecule has 3 nitrogen and oxygen atoms in total. The smallest absolute Gasteiger partial charge is 0.321 e. The predicted molar refractivity (Wildman–Crippen MR) is 44.3 cm³/mol. The molecule has 0 aliphatic heterocycles. The molecule has 0 aromatic carbocycles. The van der Waals surface area contributed by atoms with Gasteiger partial charge in [0.25, 0.3) is 0 Å². The second-order valence-electron chi connectivity index (χ2n) is 2.84. The molecule has 1 heterocycles. The molecule has 0 saturated heterocycles. The van der Waals surface area contributed by atoms with Gasteiger partial charge in [-0.2, -0.15) is 13.2 Å². The van der Waals surface area contributed by atoms with Crippen LogP contribution in [0.3, 0.4) is 0 Å². The lowest BCUT2D eigenvalue weighted by atomic mass is 10.2. The zero-order valence-corrected chi connectivity index (χ0v) is 7.54. The summed E-state index contributed by atoms with van der Waals surface area (Å²) < 4.78 is 36.3. The van der Waals surface area contributed by atoms with Crippen molar-refractivity contribution in [2.24, 2.45) is 5.73 Å². The Kier molecular flexibility index (Phi) is 3.05. The van der Waals surface area contributed by atoms with Crippen LogP contribution < -0.4 is 5.73 Å². The van der Waals surface area contributed by atoms with Gasteiger partial charge < -0.3 is 5.73 Å². The van der Waals surface area contributed by atoms with E-state index in [-0.39, 0.29) is 5.82 Å². The first kappa shape index (κ1) is 10.9. The van der Waals surface area contributed by atoms with Gasteiger partial charge in [-0.05, 0) is 6.42 Å². The highest BCUT2D eigenvalue weighted by Gasteiger charge is 2.31. The fourth-order valence-electron chi connectivity index (χ4n) is 0.858. The van der Waals surface area contributed by atoms with E-state index in [0.29, 0.717) is 6.42 Å². The van der Waals surface area contributed by atoms with Crippen LogP contribution in [0.2, 0.25) is 0 Å². The molecule has 0 aliphatic rings. The molecule has 14 heavy (non-hydrogen) atoms. The van der Waals surface area contributed by atoms with Gasteiger partial charge in [0, 0.05) is 12.4 Å². The van der Waals surface area contributed by atoms with Crippen LogP contribution in [-0.2, 0) is 6.18 Å².